The van der Waals surface area contributed by atoms with Gasteiger partial charge in [-0.25, -0.2) is 4.79 Å². The Hall–Kier alpha value is -4.03. The van der Waals surface area contributed by atoms with Gasteiger partial charge in [0.2, 0.25) is 0 Å². The van der Waals surface area contributed by atoms with Crippen LogP contribution < -0.4 is 4.74 Å². The number of carbonyl (C=O) groups excluding carboxylic acids is 1. The molecule has 50 heavy (non-hydrogen) atoms. The Kier molecular flexibility index (Phi) is 10.1. The molecule has 3 aromatic carbocycles. The molecule has 3 aliphatic carbocycles. The number of likely N-dealkylation sites (tertiary alicyclic amines) is 1. The molecule has 0 radical (unpaired) electrons. The molecule has 4 aliphatic rings. The second-order valence-electron chi connectivity index (χ2n) is 16.0. The number of piperidine rings is 1. The van der Waals surface area contributed by atoms with E-state index in [0.717, 1.165) is 56.5 Å². The van der Waals surface area contributed by atoms with Crippen LogP contribution >= 0.6 is 0 Å². The first kappa shape index (κ1) is 34.4. The third-order valence-electron chi connectivity index (χ3n) is 11.0. The minimum Gasteiger partial charge on any atom is -0.491 e. The molecular weight excluding hydrogens is 622 g/mol. The quantitative estimate of drug-likeness (QED) is 0.226. The zero-order valence-electron chi connectivity index (χ0n) is 30.2. The van der Waals surface area contributed by atoms with Gasteiger partial charge in [0, 0.05) is 31.8 Å². The van der Waals surface area contributed by atoms with Crippen molar-refractivity contribution in [1.29, 1.82) is 0 Å². The first-order valence-corrected chi connectivity index (χ1v) is 18.7. The maximum absolute atomic E-state index is 12.4. The predicted octanol–water partition coefficient (Wildman–Crippen LogP) is 9.89. The molecule has 1 amide bonds. The van der Waals surface area contributed by atoms with E-state index in [1.807, 2.05) is 26.8 Å². The molecular formula is C44H53NO5. The number of carbonyl (C=O) groups is 1. The molecule has 6 nitrogen and oxygen atoms in total. The number of hydrogen-bond acceptors (Lipinski definition) is 5. The van der Waals surface area contributed by atoms with Gasteiger partial charge in [-0.15, -0.1) is 0 Å². The highest BCUT2D eigenvalue weighted by molar-refractivity contribution is 5.68. The number of benzene rings is 3. The van der Waals surface area contributed by atoms with Crippen molar-refractivity contribution in [3.8, 4) is 5.75 Å². The van der Waals surface area contributed by atoms with E-state index in [9.17, 15) is 4.79 Å². The summed E-state index contributed by atoms with van der Waals surface area (Å²) in [5.41, 5.74) is 4.93. The van der Waals surface area contributed by atoms with Gasteiger partial charge in [0.25, 0.3) is 0 Å². The van der Waals surface area contributed by atoms with Crippen molar-refractivity contribution < 1.29 is 23.7 Å². The molecule has 1 saturated heterocycles. The number of aryl methyl sites for hydroxylation is 1. The van der Waals surface area contributed by atoms with E-state index < -0.39 is 5.60 Å². The fourth-order valence-corrected chi connectivity index (χ4v) is 8.24. The lowest BCUT2D eigenvalue weighted by Crippen LogP contribution is -2.46. The van der Waals surface area contributed by atoms with Gasteiger partial charge < -0.3 is 23.8 Å². The molecule has 0 bridgehead atoms. The van der Waals surface area contributed by atoms with Gasteiger partial charge >= 0.3 is 6.09 Å². The lowest BCUT2D eigenvalue weighted by Gasteiger charge is -2.45. The van der Waals surface area contributed by atoms with Crippen molar-refractivity contribution in [3.63, 3.8) is 0 Å². The molecule has 7 rings (SSSR count). The van der Waals surface area contributed by atoms with Gasteiger partial charge in [-0.05, 0) is 111 Å². The van der Waals surface area contributed by atoms with Crippen LogP contribution in [-0.2, 0) is 27.2 Å². The normalized spacial score (nSPS) is 26.7. The van der Waals surface area contributed by atoms with Crippen LogP contribution in [0.25, 0.3) is 0 Å². The van der Waals surface area contributed by atoms with Gasteiger partial charge in [0.15, 0.2) is 0 Å². The summed E-state index contributed by atoms with van der Waals surface area (Å²) in [6.45, 7) is 10.1. The Bertz CT molecular complexity index is 1660. The third-order valence-corrected chi connectivity index (χ3v) is 11.0. The lowest BCUT2D eigenvalue weighted by atomic mass is 9.59. The number of hydrogen-bond donors (Lipinski definition) is 0. The summed E-state index contributed by atoms with van der Waals surface area (Å²) >= 11 is 0. The van der Waals surface area contributed by atoms with Crippen molar-refractivity contribution >= 4 is 6.09 Å². The molecule has 6 heteroatoms. The first-order chi connectivity index (χ1) is 24.1. The summed E-state index contributed by atoms with van der Waals surface area (Å²) in [5, 5.41) is 0. The zero-order chi connectivity index (χ0) is 34.7. The maximum Gasteiger partial charge on any atom is 0.410 e. The largest absolute Gasteiger partial charge is 0.491 e. The minimum absolute atomic E-state index is 0.0472. The van der Waals surface area contributed by atoms with Crippen molar-refractivity contribution in [2.45, 2.75) is 115 Å². The van der Waals surface area contributed by atoms with E-state index in [1.165, 1.54) is 22.3 Å². The lowest BCUT2D eigenvalue weighted by molar-refractivity contribution is -0.121. The molecule has 1 saturated carbocycles. The Morgan fingerprint density at radius 1 is 0.880 bits per heavy atom. The number of allylic oxidation sites excluding steroid dienone is 3. The standard InChI is InChI=1S/C44H53NO5/c1-43(2,3)50-42(46)45-25-21-35(22-26-45)49-38-28-37(29-38)48-34-19-23-44(4,24-20-34)41-39(32-13-9-6-10-14-32)17-15-33-27-36(16-18-40(33)41)47-30-31-11-7-5-8-12-31/h5-14,16,18-20,23,27,35,37-39,41H,15,17,21-22,24-26,28-30H2,1-4H3/t37-,38-,39-,41+,44?/m1/s1. The second-order valence-corrected chi connectivity index (χ2v) is 16.0. The summed E-state index contributed by atoms with van der Waals surface area (Å²) in [6, 6.07) is 28.2. The molecule has 1 aliphatic heterocycles. The summed E-state index contributed by atoms with van der Waals surface area (Å²) in [6.07, 6.45) is 14.0. The van der Waals surface area contributed by atoms with Crippen molar-refractivity contribution in [2.24, 2.45) is 5.41 Å². The van der Waals surface area contributed by atoms with Crippen molar-refractivity contribution in [3.05, 3.63) is 125 Å². The number of amides is 1. The average molecular weight is 676 g/mol. The Morgan fingerprint density at radius 3 is 2.28 bits per heavy atom. The second kappa shape index (κ2) is 14.7. The van der Waals surface area contributed by atoms with Crippen LogP contribution in [0.3, 0.4) is 0 Å². The van der Waals surface area contributed by atoms with E-state index >= 15 is 0 Å². The topological polar surface area (TPSA) is 57.2 Å². The van der Waals surface area contributed by atoms with Gasteiger partial charge in [-0.3, -0.25) is 0 Å². The van der Waals surface area contributed by atoms with Crippen LogP contribution in [0.2, 0.25) is 0 Å². The fraction of sp³-hybridized carbons (Fsp3) is 0.477. The predicted molar refractivity (Wildman–Crippen MR) is 197 cm³/mol. The monoisotopic (exact) mass is 675 g/mol. The summed E-state index contributed by atoms with van der Waals surface area (Å²) < 4.78 is 24.7. The van der Waals surface area contributed by atoms with E-state index in [-0.39, 0.29) is 29.8 Å². The average Bonchev–Trinajstić information content (AvgIpc) is 3.10. The Labute approximate surface area is 298 Å². The van der Waals surface area contributed by atoms with E-state index in [4.69, 9.17) is 18.9 Å². The smallest absolute Gasteiger partial charge is 0.410 e. The number of nitrogens with zero attached hydrogens (tertiary/aromatic N) is 1. The Balaban J connectivity index is 0.953. The highest BCUT2D eigenvalue weighted by Gasteiger charge is 2.43. The molecule has 3 atom stereocenters. The van der Waals surface area contributed by atoms with E-state index in [0.29, 0.717) is 31.5 Å². The van der Waals surface area contributed by atoms with Gasteiger partial charge in [0.05, 0.1) is 12.2 Å². The summed E-state index contributed by atoms with van der Waals surface area (Å²) in [5.74, 6) is 2.70. The first-order valence-electron chi connectivity index (χ1n) is 18.7. The van der Waals surface area contributed by atoms with Crippen LogP contribution in [0, 0.1) is 5.41 Å². The summed E-state index contributed by atoms with van der Waals surface area (Å²) in [4.78, 5) is 14.2. The fourth-order valence-electron chi connectivity index (χ4n) is 8.24. The van der Waals surface area contributed by atoms with Gasteiger partial charge in [0.1, 0.15) is 29.8 Å². The van der Waals surface area contributed by atoms with E-state index in [2.05, 4.69) is 97.9 Å². The molecule has 1 heterocycles. The van der Waals surface area contributed by atoms with E-state index in [1.54, 1.807) is 4.90 Å². The highest BCUT2D eigenvalue weighted by Crippen LogP contribution is 2.55. The molecule has 1 unspecified atom stereocenters. The Morgan fingerprint density at radius 2 is 1.60 bits per heavy atom. The third kappa shape index (κ3) is 8.12. The molecule has 2 fully saturated rings. The van der Waals surface area contributed by atoms with Crippen LogP contribution in [0.15, 0.2) is 103 Å². The van der Waals surface area contributed by atoms with Crippen LogP contribution in [0.1, 0.15) is 100 Å². The van der Waals surface area contributed by atoms with Crippen LogP contribution in [-0.4, -0.2) is 48.0 Å². The molecule has 0 N–H and O–H groups in total. The molecule has 3 aromatic rings. The van der Waals surface area contributed by atoms with Crippen LogP contribution in [0.5, 0.6) is 5.75 Å². The van der Waals surface area contributed by atoms with Gasteiger partial charge in [-0.1, -0.05) is 79.7 Å². The SMILES string of the molecule is CC(C)(C)OC(=O)N1CCC(O[C@H]2C[C@H](OC3=CCC(C)([C@@H]4c5ccc(OCc6ccccc6)cc5CC[C@@H]4c4ccccc4)C=C3)C2)CC1. The minimum atomic E-state index is -0.470. The summed E-state index contributed by atoms with van der Waals surface area (Å²) in [7, 11) is 0. The molecule has 0 spiro atoms. The number of ether oxygens (including phenoxy) is 4. The zero-order valence-corrected chi connectivity index (χ0v) is 30.2. The highest BCUT2D eigenvalue weighted by atomic mass is 16.6. The van der Waals surface area contributed by atoms with Crippen LogP contribution in [0.4, 0.5) is 4.79 Å². The molecule has 264 valence electrons. The number of fused-ring (bicyclic) bond motifs is 1. The molecule has 0 aromatic heterocycles. The van der Waals surface area contributed by atoms with Crippen molar-refractivity contribution in [2.75, 3.05) is 13.1 Å². The number of rotatable bonds is 9. The maximum atomic E-state index is 12.4. The van der Waals surface area contributed by atoms with Crippen molar-refractivity contribution in [1.82, 2.24) is 4.90 Å². The van der Waals surface area contributed by atoms with Gasteiger partial charge in [-0.2, -0.15) is 0 Å².